The number of hydrogen-bond donors (Lipinski definition) is 1. The van der Waals surface area contributed by atoms with E-state index in [0.717, 1.165) is 11.3 Å². The van der Waals surface area contributed by atoms with E-state index in [4.69, 9.17) is 4.78 Å². The lowest BCUT2D eigenvalue weighted by Crippen LogP contribution is -2.43. The first-order valence-electron chi connectivity index (χ1n) is 7.16. The molecule has 1 N–H and O–H groups in total. The van der Waals surface area contributed by atoms with Crippen molar-refractivity contribution in [2.75, 3.05) is 37.7 Å². The van der Waals surface area contributed by atoms with Crippen molar-refractivity contribution in [3.63, 3.8) is 0 Å². The summed E-state index contributed by atoms with van der Waals surface area (Å²) in [4.78, 5) is 31.9. The van der Waals surface area contributed by atoms with Crippen LogP contribution in [0.2, 0.25) is 0 Å². The van der Waals surface area contributed by atoms with Crippen molar-refractivity contribution in [2.24, 2.45) is 0 Å². The maximum Gasteiger partial charge on any atom is 0.282 e. The number of aromatic nitrogens is 1. The normalized spacial score (nSPS) is 17.3. The Hall–Kier alpha value is -1.48. The van der Waals surface area contributed by atoms with Gasteiger partial charge in [-0.3, -0.25) is 14.4 Å². The van der Waals surface area contributed by atoms with Gasteiger partial charge in [0, 0.05) is 52.8 Å². The third-order valence-corrected chi connectivity index (χ3v) is 6.14. The lowest BCUT2D eigenvalue weighted by Gasteiger charge is -2.27. The first-order valence-corrected chi connectivity index (χ1v) is 9.93. The van der Waals surface area contributed by atoms with Crippen LogP contribution in [0, 0.1) is 4.78 Å². The minimum atomic E-state index is -2.53. The molecule has 1 saturated heterocycles. The van der Waals surface area contributed by atoms with Crippen LogP contribution in [0.15, 0.2) is 5.38 Å². The van der Waals surface area contributed by atoms with Gasteiger partial charge in [0.05, 0.1) is 0 Å². The zero-order valence-corrected chi connectivity index (χ0v) is 14.3. The van der Waals surface area contributed by atoms with Crippen molar-refractivity contribution in [2.45, 2.75) is 13.8 Å². The Morgan fingerprint density at radius 2 is 1.95 bits per heavy atom. The number of rotatable bonds is 4. The number of amides is 2. The molecule has 1 aliphatic heterocycles. The van der Waals surface area contributed by atoms with Gasteiger partial charge >= 0.3 is 0 Å². The zero-order valence-electron chi connectivity index (χ0n) is 12.7. The Bertz CT molecular complexity index is 651. The van der Waals surface area contributed by atoms with Crippen molar-refractivity contribution >= 4 is 32.9 Å². The van der Waals surface area contributed by atoms with E-state index in [1.165, 1.54) is 0 Å². The number of hydrogen-bond acceptors (Lipinski definition) is 6. The van der Waals surface area contributed by atoms with Gasteiger partial charge in [-0.25, -0.2) is 9.19 Å². The van der Waals surface area contributed by atoms with Gasteiger partial charge in [0.25, 0.3) is 11.8 Å². The molecule has 2 amide bonds. The topological polar surface area (TPSA) is 94.4 Å². The Labute approximate surface area is 134 Å². The molecule has 0 bridgehead atoms. The molecule has 0 aliphatic carbocycles. The van der Waals surface area contributed by atoms with Crippen molar-refractivity contribution < 1.29 is 13.8 Å². The van der Waals surface area contributed by atoms with Crippen LogP contribution < -0.4 is 0 Å². The van der Waals surface area contributed by atoms with Crippen LogP contribution in [-0.4, -0.2) is 68.5 Å². The molecule has 1 aliphatic rings. The monoisotopic (exact) mass is 344 g/mol. The average Bonchev–Trinajstić information content (AvgIpc) is 2.97. The van der Waals surface area contributed by atoms with Crippen molar-refractivity contribution in [3.8, 4) is 0 Å². The molecule has 22 heavy (non-hydrogen) atoms. The zero-order chi connectivity index (χ0) is 16.3. The highest BCUT2D eigenvalue weighted by atomic mass is 32.2. The molecular weight excluding hydrogens is 324 g/mol. The molecule has 0 radical (unpaired) electrons. The predicted molar refractivity (Wildman–Crippen MR) is 85.9 cm³/mol. The van der Waals surface area contributed by atoms with Crippen molar-refractivity contribution in [1.82, 2.24) is 14.8 Å². The predicted octanol–water partition coefficient (Wildman–Crippen LogP) is 1.13. The highest BCUT2D eigenvalue weighted by molar-refractivity contribution is 7.92. The van der Waals surface area contributed by atoms with Gasteiger partial charge in [-0.1, -0.05) is 0 Å². The highest BCUT2D eigenvalue weighted by Gasteiger charge is 2.26. The van der Waals surface area contributed by atoms with E-state index in [0.29, 0.717) is 31.9 Å². The second kappa shape index (κ2) is 6.74. The van der Waals surface area contributed by atoms with Gasteiger partial charge in [-0.2, -0.15) is 0 Å². The quantitative estimate of drug-likeness (QED) is 0.886. The molecule has 2 rings (SSSR count). The molecule has 2 heterocycles. The van der Waals surface area contributed by atoms with Crippen molar-refractivity contribution in [1.29, 1.82) is 4.78 Å². The molecule has 1 aromatic rings. The van der Waals surface area contributed by atoms with Gasteiger partial charge in [-0.15, -0.1) is 11.3 Å². The lowest BCUT2D eigenvalue weighted by molar-refractivity contribution is 0.0764. The van der Waals surface area contributed by atoms with E-state index >= 15 is 0 Å². The maximum atomic E-state index is 12.4. The fourth-order valence-corrected chi connectivity index (χ4v) is 4.20. The Kier molecular flexibility index (Phi) is 5.17. The van der Waals surface area contributed by atoms with E-state index in [1.54, 1.807) is 15.2 Å². The second-order valence-corrected chi connectivity index (χ2v) is 8.33. The van der Waals surface area contributed by atoms with E-state index in [1.807, 2.05) is 13.8 Å². The van der Waals surface area contributed by atoms with Gasteiger partial charge < -0.3 is 9.80 Å². The minimum Gasteiger partial charge on any atom is -0.338 e. The smallest absolute Gasteiger partial charge is 0.282 e. The fourth-order valence-electron chi connectivity index (χ4n) is 2.21. The van der Waals surface area contributed by atoms with E-state index in [-0.39, 0.29) is 28.3 Å². The summed E-state index contributed by atoms with van der Waals surface area (Å²) in [6.45, 7) is 5.60. The summed E-state index contributed by atoms with van der Waals surface area (Å²) in [5.74, 6) is -0.0170. The third kappa shape index (κ3) is 3.64. The Morgan fingerprint density at radius 1 is 1.36 bits per heavy atom. The van der Waals surface area contributed by atoms with Gasteiger partial charge in [0.2, 0.25) is 0 Å². The molecular formula is C13H20N4O3S2. The van der Waals surface area contributed by atoms with E-state index in [2.05, 4.69) is 4.98 Å². The summed E-state index contributed by atoms with van der Waals surface area (Å²) in [6, 6.07) is 0. The van der Waals surface area contributed by atoms with Crippen LogP contribution in [0.3, 0.4) is 0 Å². The molecule has 1 fully saturated rings. The summed E-state index contributed by atoms with van der Waals surface area (Å²) in [5, 5.41) is 1.87. The summed E-state index contributed by atoms with van der Waals surface area (Å²) >= 11 is 1.15. The van der Waals surface area contributed by atoms with Crippen LogP contribution in [0.5, 0.6) is 0 Å². The number of carbonyl (C=O) groups excluding carboxylic acids is 2. The van der Waals surface area contributed by atoms with Crippen LogP contribution in [-0.2, 0) is 9.73 Å². The lowest BCUT2D eigenvalue weighted by atomic mass is 10.4. The third-order valence-electron chi connectivity index (χ3n) is 3.63. The summed E-state index contributed by atoms with van der Waals surface area (Å²) in [7, 11) is -2.53. The summed E-state index contributed by atoms with van der Waals surface area (Å²) in [6.07, 6.45) is 0. The van der Waals surface area contributed by atoms with Gasteiger partial charge in [-0.05, 0) is 13.8 Å². The number of nitrogens with one attached hydrogen (secondary N) is 1. The molecule has 0 spiro atoms. The van der Waals surface area contributed by atoms with Crippen molar-refractivity contribution in [3.05, 3.63) is 16.1 Å². The van der Waals surface area contributed by atoms with Gasteiger partial charge in [0.1, 0.15) is 5.69 Å². The van der Waals surface area contributed by atoms with Gasteiger partial charge in [0.15, 0.2) is 5.01 Å². The first kappa shape index (κ1) is 16.9. The summed E-state index contributed by atoms with van der Waals surface area (Å²) in [5.41, 5.74) is 0.290. The molecule has 122 valence electrons. The van der Waals surface area contributed by atoms with Crippen LogP contribution in [0.25, 0.3) is 0 Å². The number of carbonyl (C=O) groups is 2. The first-order chi connectivity index (χ1) is 10.4. The largest absolute Gasteiger partial charge is 0.338 e. The fraction of sp³-hybridized carbons (Fsp3) is 0.615. The molecule has 0 unspecified atom stereocenters. The van der Waals surface area contributed by atoms with Crippen LogP contribution in [0.4, 0.5) is 0 Å². The Balaban J connectivity index is 2.08. The Morgan fingerprint density at radius 3 is 2.50 bits per heavy atom. The molecule has 0 atom stereocenters. The second-order valence-electron chi connectivity index (χ2n) is 5.03. The molecule has 0 aromatic carbocycles. The standard InChI is InChI=1S/C13H20N4O3S2/c1-3-16(4-2)12(18)10-9-21-11(15-10)13(19)17-5-7-22(14,20)8-6-17/h9,14H,3-8H2,1-2H3. The molecule has 7 nitrogen and oxygen atoms in total. The number of nitrogens with zero attached hydrogens (tertiary/aromatic N) is 3. The number of thiazole rings is 1. The molecule has 1 aromatic heterocycles. The molecule has 9 heteroatoms. The molecule has 0 saturated carbocycles. The van der Waals surface area contributed by atoms with E-state index < -0.39 is 9.73 Å². The minimum absolute atomic E-state index is 0.173. The van der Waals surface area contributed by atoms with E-state index in [9.17, 15) is 13.8 Å². The maximum absolute atomic E-state index is 12.4. The summed E-state index contributed by atoms with van der Waals surface area (Å²) < 4.78 is 19.1. The van der Waals surface area contributed by atoms with Crippen LogP contribution >= 0.6 is 11.3 Å². The average molecular weight is 344 g/mol. The highest BCUT2D eigenvalue weighted by Crippen LogP contribution is 2.16. The SMILES string of the molecule is CCN(CC)C(=O)c1csc(C(=O)N2CCS(=N)(=O)CC2)n1. The van der Waals surface area contributed by atoms with Crippen LogP contribution in [0.1, 0.15) is 34.1 Å².